The first-order valence-corrected chi connectivity index (χ1v) is 8.35. The minimum absolute atomic E-state index is 0. The van der Waals surface area contributed by atoms with Gasteiger partial charge in [-0.05, 0) is 30.7 Å². The van der Waals surface area contributed by atoms with Crippen molar-refractivity contribution >= 4 is 29.9 Å². The van der Waals surface area contributed by atoms with Crippen molar-refractivity contribution in [3.8, 4) is 5.69 Å². The number of aliphatic imine (C=N–C) groups is 1. The first-order valence-electron chi connectivity index (χ1n) is 8.35. The number of rotatable bonds is 6. The summed E-state index contributed by atoms with van der Waals surface area (Å²) < 4.78 is 2.00. The Kier molecular flexibility index (Phi) is 8.07. The molecule has 0 fully saturated rings. The number of hydrogen-bond acceptors (Lipinski definition) is 3. The molecule has 1 aromatic carbocycles. The van der Waals surface area contributed by atoms with Crippen molar-refractivity contribution in [2.24, 2.45) is 4.99 Å². The van der Waals surface area contributed by atoms with E-state index < -0.39 is 0 Å². The molecule has 2 heterocycles. The number of pyridine rings is 1. The summed E-state index contributed by atoms with van der Waals surface area (Å²) in [6.45, 7) is 4.07. The van der Waals surface area contributed by atoms with E-state index in [1.165, 1.54) is 0 Å². The predicted octanol–water partition coefficient (Wildman–Crippen LogP) is 3.14. The van der Waals surface area contributed by atoms with E-state index in [9.17, 15) is 0 Å². The van der Waals surface area contributed by atoms with Crippen LogP contribution in [0.15, 0.2) is 72.4 Å². The second-order valence-corrected chi connectivity index (χ2v) is 5.47. The van der Waals surface area contributed by atoms with E-state index in [0.29, 0.717) is 13.1 Å². The maximum Gasteiger partial charge on any atom is 0.191 e. The lowest BCUT2D eigenvalue weighted by atomic mass is 10.2. The number of para-hydroxylation sites is 1. The molecule has 136 valence electrons. The van der Waals surface area contributed by atoms with Crippen molar-refractivity contribution in [1.82, 2.24) is 25.2 Å². The molecule has 0 aliphatic heterocycles. The minimum Gasteiger partial charge on any atom is -0.357 e. The summed E-state index contributed by atoms with van der Waals surface area (Å²) in [5.41, 5.74) is 3.20. The van der Waals surface area contributed by atoms with Crippen LogP contribution in [-0.2, 0) is 13.1 Å². The van der Waals surface area contributed by atoms with Gasteiger partial charge in [-0.25, -0.2) is 9.98 Å². The Morgan fingerprint density at radius 3 is 2.65 bits per heavy atom. The fraction of sp³-hybridized carbons (Fsp3) is 0.211. The number of benzene rings is 1. The molecule has 7 heteroatoms. The first kappa shape index (κ1) is 19.9. The van der Waals surface area contributed by atoms with Crippen LogP contribution in [-0.4, -0.2) is 27.0 Å². The van der Waals surface area contributed by atoms with Gasteiger partial charge in [-0.2, -0.15) is 0 Å². The van der Waals surface area contributed by atoms with Gasteiger partial charge in [-0.15, -0.1) is 24.0 Å². The summed E-state index contributed by atoms with van der Waals surface area (Å²) >= 11 is 0. The largest absolute Gasteiger partial charge is 0.357 e. The number of nitrogens with one attached hydrogen (secondary N) is 2. The van der Waals surface area contributed by atoms with Crippen molar-refractivity contribution in [2.75, 3.05) is 6.54 Å². The van der Waals surface area contributed by atoms with Gasteiger partial charge in [-0.1, -0.05) is 24.3 Å². The molecule has 3 aromatic rings. The van der Waals surface area contributed by atoms with Crippen molar-refractivity contribution < 1.29 is 0 Å². The van der Waals surface area contributed by atoms with Crippen LogP contribution in [0.4, 0.5) is 0 Å². The highest BCUT2D eigenvalue weighted by atomic mass is 127. The zero-order valence-corrected chi connectivity index (χ0v) is 17.0. The van der Waals surface area contributed by atoms with Gasteiger partial charge in [0.2, 0.25) is 0 Å². The highest BCUT2D eigenvalue weighted by Gasteiger charge is 2.04. The zero-order chi connectivity index (χ0) is 17.3. The first-order chi connectivity index (χ1) is 12.4. The summed E-state index contributed by atoms with van der Waals surface area (Å²) in [4.78, 5) is 13.1. The fourth-order valence-corrected chi connectivity index (χ4v) is 2.48. The highest BCUT2D eigenvalue weighted by molar-refractivity contribution is 14.0. The maximum absolute atomic E-state index is 4.70. The number of guanidine groups is 1. The van der Waals surface area contributed by atoms with E-state index in [-0.39, 0.29) is 24.0 Å². The molecule has 0 aliphatic rings. The fourth-order valence-electron chi connectivity index (χ4n) is 2.48. The number of nitrogens with zero attached hydrogens (tertiary/aromatic N) is 4. The van der Waals surface area contributed by atoms with E-state index in [4.69, 9.17) is 4.99 Å². The summed E-state index contributed by atoms with van der Waals surface area (Å²) in [5.74, 6) is 0.772. The predicted molar refractivity (Wildman–Crippen MR) is 115 cm³/mol. The van der Waals surface area contributed by atoms with Crippen molar-refractivity contribution in [2.45, 2.75) is 20.0 Å². The smallest absolute Gasteiger partial charge is 0.191 e. The SMILES string of the molecule is CCNC(=NCc1ccccc1-n1ccnc1)NCc1ccccn1.I. The Balaban J connectivity index is 0.00000243. The second kappa shape index (κ2) is 10.5. The quantitative estimate of drug-likeness (QED) is 0.336. The Bertz CT molecular complexity index is 802. The van der Waals surface area contributed by atoms with Crippen molar-refractivity contribution in [3.05, 3.63) is 78.6 Å². The van der Waals surface area contributed by atoms with Crippen LogP contribution in [0.3, 0.4) is 0 Å². The summed E-state index contributed by atoms with van der Waals surface area (Å²) in [6, 6.07) is 14.1. The summed E-state index contributed by atoms with van der Waals surface area (Å²) in [5, 5.41) is 6.59. The van der Waals surface area contributed by atoms with Gasteiger partial charge in [0.05, 0.1) is 30.8 Å². The van der Waals surface area contributed by atoms with Gasteiger partial charge in [0.15, 0.2) is 5.96 Å². The molecule has 0 saturated carbocycles. The van der Waals surface area contributed by atoms with E-state index in [1.54, 1.807) is 18.7 Å². The molecule has 0 amide bonds. The summed E-state index contributed by atoms with van der Waals surface area (Å²) in [7, 11) is 0. The molecule has 0 spiro atoms. The van der Waals surface area contributed by atoms with Crippen LogP contribution in [0.1, 0.15) is 18.2 Å². The summed E-state index contributed by atoms with van der Waals surface area (Å²) in [6.07, 6.45) is 7.31. The average molecular weight is 462 g/mol. The minimum atomic E-state index is 0. The molecule has 0 saturated heterocycles. The Hall–Kier alpha value is -2.42. The molecule has 2 N–H and O–H groups in total. The van der Waals surface area contributed by atoms with E-state index in [1.807, 2.05) is 41.1 Å². The van der Waals surface area contributed by atoms with Crippen LogP contribution < -0.4 is 10.6 Å². The van der Waals surface area contributed by atoms with Crippen LogP contribution in [0, 0.1) is 0 Å². The van der Waals surface area contributed by atoms with Crippen LogP contribution in [0.5, 0.6) is 0 Å². The van der Waals surface area contributed by atoms with Crippen LogP contribution in [0.25, 0.3) is 5.69 Å². The van der Waals surface area contributed by atoms with Gasteiger partial charge in [-0.3, -0.25) is 4.98 Å². The third-order valence-electron chi connectivity index (χ3n) is 3.69. The van der Waals surface area contributed by atoms with Gasteiger partial charge in [0, 0.05) is 25.1 Å². The third kappa shape index (κ3) is 5.55. The van der Waals surface area contributed by atoms with E-state index >= 15 is 0 Å². The van der Waals surface area contributed by atoms with E-state index in [0.717, 1.165) is 29.4 Å². The molecule has 3 rings (SSSR count). The molecule has 0 aliphatic carbocycles. The number of hydrogen-bond donors (Lipinski definition) is 2. The number of aromatic nitrogens is 3. The van der Waals surface area contributed by atoms with Crippen molar-refractivity contribution in [3.63, 3.8) is 0 Å². The molecule has 0 bridgehead atoms. The number of imidazole rings is 1. The molecular weight excluding hydrogens is 439 g/mol. The lowest BCUT2D eigenvalue weighted by Gasteiger charge is -2.12. The molecule has 2 aromatic heterocycles. The van der Waals surface area contributed by atoms with Gasteiger partial charge in [0.25, 0.3) is 0 Å². The van der Waals surface area contributed by atoms with Crippen LogP contribution >= 0.6 is 24.0 Å². The number of halogens is 1. The lowest BCUT2D eigenvalue weighted by molar-refractivity contribution is 0.798. The van der Waals surface area contributed by atoms with Crippen molar-refractivity contribution in [1.29, 1.82) is 0 Å². The zero-order valence-electron chi connectivity index (χ0n) is 14.7. The van der Waals surface area contributed by atoms with Crippen LogP contribution in [0.2, 0.25) is 0 Å². The molecule has 0 unspecified atom stereocenters. The molecule has 0 radical (unpaired) electrons. The third-order valence-corrected chi connectivity index (χ3v) is 3.69. The standard InChI is InChI=1S/C19H22N6.HI/c1-2-21-19(24-14-17-8-5-6-10-22-17)23-13-16-7-3-4-9-18(16)25-12-11-20-15-25;/h3-12,15H,2,13-14H2,1H3,(H2,21,23,24);1H. The second-order valence-electron chi connectivity index (χ2n) is 5.47. The maximum atomic E-state index is 4.70. The van der Waals surface area contributed by atoms with E-state index in [2.05, 4.69) is 39.7 Å². The topological polar surface area (TPSA) is 67.1 Å². The van der Waals surface area contributed by atoms with Gasteiger partial charge >= 0.3 is 0 Å². The molecule has 0 atom stereocenters. The molecular formula is C19H23IN6. The lowest BCUT2D eigenvalue weighted by Crippen LogP contribution is -2.37. The molecule has 6 nitrogen and oxygen atoms in total. The molecule has 26 heavy (non-hydrogen) atoms. The van der Waals surface area contributed by atoms with Gasteiger partial charge < -0.3 is 15.2 Å². The monoisotopic (exact) mass is 462 g/mol. The normalized spacial score (nSPS) is 10.9. The highest BCUT2D eigenvalue weighted by Crippen LogP contribution is 2.15. The van der Waals surface area contributed by atoms with Gasteiger partial charge in [0.1, 0.15) is 0 Å². The Morgan fingerprint density at radius 2 is 1.92 bits per heavy atom. The Morgan fingerprint density at radius 1 is 1.08 bits per heavy atom. The Labute approximate surface area is 170 Å². The average Bonchev–Trinajstić information content (AvgIpc) is 3.20.